The summed E-state index contributed by atoms with van der Waals surface area (Å²) >= 11 is 0. The number of nitrogens with zero attached hydrogens (tertiary/aromatic N) is 2. The number of urea groups is 1. The number of hydrogen-bond donors (Lipinski definition) is 3. The molecular formula is C19H16F3N5O3S. The number of nitrogens with one attached hydrogen (secondary N) is 3. The Hall–Kier alpha value is -3.67. The molecule has 0 fully saturated rings. The van der Waals surface area contributed by atoms with Gasteiger partial charge in [0.25, 0.3) is 10.0 Å². The summed E-state index contributed by atoms with van der Waals surface area (Å²) in [5, 5.41) is 4.70. The van der Waals surface area contributed by atoms with E-state index in [2.05, 4.69) is 25.3 Å². The van der Waals surface area contributed by atoms with Gasteiger partial charge >= 0.3 is 12.2 Å². The summed E-state index contributed by atoms with van der Waals surface area (Å²) in [4.78, 5) is 19.7. The summed E-state index contributed by atoms with van der Waals surface area (Å²) in [6, 6.07) is 10.1. The van der Waals surface area contributed by atoms with E-state index in [1.54, 1.807) is 13.0 Å². The molecule has 0 aliphatic carbocycles. The molecule has 0 bridgehead atoms. The Morgan fingerprint density at radius 1 is 0.968 bits per heavy atom. The van der Waals surface area contributed by atoms with E-state index in [0.717, 1.165) is 12.1 Å². The molecule has 1 heterocycles. The molecule has 0 spiro atoms. The minimum Gasteiger partial charge on any atom is -0.308 e. The normalized spacial score (nSPS) is 11.6. The highest BCUT2D eigenvalue weighted by atomic mass is 32.2. The zero-order valence-corrected chi connectivity index (χ0v) is 16.8. The molecule has 0 aliphatic rings. The highest BCUT2D eigenvalue weighted by molar-refractivity contribution is 7.92. The Labute approximate surface area is 175 Å². The third-order valence-corrected chi connectivity index (χ3v) is 5.23. The van der Waals surface area contributed by atoms with Gasteiger partial charge in [-0.2, -0.15) is 13.2 Å². The maximum atomic E-state index is 12.8. The van der Waals surface area contributed by atoms with Crippen LogP contribution in [0.4, 0.5) is 35.3 Å². The van der Waals surface area contributed by atoms with Crippen LogP contribution in [0.2, 0.25) is 0 Å². The summed E-state index contributed by atoms with van der Waals surface area (Å²) in [6.07, 6.45) is -3.12. The Balaban J connectivity index is 1.66. The molecule has 0 atom stereocenters. The van der Waals surface area contributed by atoms with E-state index in [0.29, 0.717) is 5.69 Å². The first kappa shape index (κ1) is 22.0. The average Bonchev–Trinajstić information content (AvgIpc) is 2.67. The third kappa shape index (κ3) is 5.92. The number of aryl methyl sites for hydroxylation is 1. The van der Waals surface area contributed by atoms with E-state index in [4.69, 9.17) is 0 Å². The van der Waals surface area contributed by atoms with E-state index in [1.165, 1.54) is 42.6 Å². The first-order valence-electron chi connectivity index (χ1n) is 8.71. The summed E-state index contributed by atoms with van der Waals surface area (Å²) in [5.74, 6) is -0.0809. The third-order valence-electron chi connectivity index (χ3n) is 3.89. The summed E-state index contributed by atoms with van der Waals surface area (Å²) in [5.41, 5.74) is -0.131. The molecule has 0 aliphatic heterocycles. The summed E-state index contributed by atoms with van der Waals surface area (Å²) in [7, 11) is -3.95. The number of aromatic nitrogens is 2. The quantitative estimate of drug-likeness (QED) is 0.537. The van der Waals surface area contributed by atoms with Crippen LogP contribution in [0.5, 0.6) is 0 Å². The highest BCUT2D eigenvalue weighted by Gasteiger charge is 2.30. The van der Waals surface area contributed by atoms with E-state index >= 15 is 0 Å². The monoisotopic (exact) mass is 451 g/mol. The van der Waals surface area contributed by atoms with Gasteiger partial charge in [-0.15, -0.1) is 0 Å². The highest BCUT2D eigenvalue weighted by Crippen LogP contribution is 2.30. The van der Waals surface area contributed by atoms with Gasteiger partial charge in [0.1, 0.15) is 0 Å². The second kappa shape index (κ2) is 8.60. The number of amides is 2. The predicted molar refractivity (Wildman–Crippen MR) is 108 cm³/mol. The van der Waals surface area contributed by atoms with Crippen molar-refractivity contribution in [1.82, 2.24) is 9.97 Å². The van der Waals surface area contributed by atoms with Crippen LogP contribution in [0.25, 0.3) is 0 Å². The molecule has 12 heteroatoms. The van der Waals surface area contributed by atoms with Crippen molar-refractivity contribution in [2.45, 2.75) is 18.0 Å². The molecule has 0 unspecified atom stereocenters. The molecular weight excluding hydrogens is 435 g/mol. The number of hydrogen-bond acceptors (Lipinski definition) is 5. The first-order valence-corrected chi connectivity index (χ1v) is 10.2. The molecule has 3 aromatic rings. The lowest BCUT2D eigenvalue weighted by atomic mass is 10.2. The largest absolute Gasteiger partial charge is 0.416 e. The van der Waals surface area contributed by atoms with Crippen molar-refractivity contribution < 1.29 is 26.4 Å². The minimum absolute atomic E-state index is 0.0473. The number of rotatable bonds is 5. The van der Waals surface area contributed by atoms with Crippen molar-refractivity contribution in [2.24, 2.45) is 0 Å². The maximum Gasteiger partial charge on any atom is 0.416 e. The van der Waals surface area contributed by atoms with Crippen molar-refractivity contribution >= 4 is 33.4 Å². The first-order chi connectivity index (χ1) is 14.5. The summed E-state index contributed by atoms with van der Waals surface area (Å²) < 4.78 is 65.3. The average molecular weight is 451 g/mol. The van der Waals surface area contributed by atoms with E-state index in [-0.39, 0.29) is 22.2 Å². The van der Waals surface area contributed by atoms with Crippen LogP contribution < -0.4 is 15.4 Å². The second-order valence-electron chi connectivity index (χ2n) is 6.31. The van der Waals surface area contributed by atoms with E-state index in [9.17, 15) is 26.4 Å². The summed E-state index contributed by atoms with van der Waals surface area (Å²) in [6.45, 7) is 1.68. The minimum atomic E-state index is -4.53. The number of anilines is 3. The van der Waals surface area contributed by atoms with Crippen LogP contribution in [0, 0.1) is 6.92 Å². The van der Waals surface area contributed by atoms with Gasteiger partial charge in [-0.25, -0.2) is 27.9 Å². The standard InChI is InChI=1S/C19H16F3N5O3S/c1-12-9-10-23-17(24-12)27-31(29,30)16-7-5-14(6-8-16)25-18(28)26-15-4-2-3-13(11-15)19(20,21)22/h2-11H,1H3,(H,23,24,27)(H2,25,26,28). The Morgan fingerprint density at radius 2 is 1.65 bits per heavy atom. The van der Waals surface area contributed by atoms with Crippen molar-refractivity contribution in [3.63, 3.8) is 0 Å². The molecule has 0 saturated carbocycles. The van der Waals surface area contributed by atoms with Crippen molar-refractivity contribution in [1.29, 1.82) is 0 Å². The van der Waals surface area contributed by atoms with Gasteiger partial charge in [0, 0.05) is 23.3 Å². The number of sulfonamides is 1. The Bertz CT molecular complexity index is 1200. The molecule has 1 aromatic heterocycles. The van der Waals surface area contributed by atoms with Gasteiger partial charge in [0.15, 0.2) is 0 Å². The zero-order chi connectivity index (χ0) is 22.6. The van der Waals surface area contributed by atoms with Gasteiger partial charge in [-0.1, -0.05) is 6.07 Å². The van der Waals surface area contributed by atoms with Crippen LogP contribution in [-0.4, -0.2) is 24.4 Å². The van der Waals surface area contributed by atoms with Crippen molar-refractivity contribution in [3.05, 3.63) is 72.1 Å². The molecule has 2 aromatic carbocycles. The zero-order valence-electron chi connectivity index (χ0n) is 15.9. The van der Waals surface area contributed by atoms with E-state index < -0.39 is 27.8 Å². The molecule has 162 valence electrons. The van der Waals surface area contributed by atoms with Crippen LogP contribution >= 0.6 is 0 Å². The van der Waals surface area contributed by atoms with Crippen LogP contribution in [0.15, 0.2) is 65.7 Å². The molecule has 31 heavy (non-hydrogen) atoms. The Morgan fingerprint density at radius 3 is 2.29 bits per heavy atom. The van der Waals surface area contributed by atoms with Gasteiger partial charge in [0.2, 0.25) is 5.95 Å². The predicted octanol–water partition coefficient (Wildman–Crippen LogP) is 4.25. The van der Waals surface area contributed by atoms with Crippen LogP contribution in [-0.2, 0) is 16.2 Å². The van der Waals surface area contributed by atoms with Crippen molar-refractivity contribution in [3.8, 4) is 0 Å². The van der Waals surface area contributed by atoms with Gasteiger partial charge < -0.3 is 10.6 Å². The van der Waals surface area contributed by atoms with Gasteiger partial charge in [-0.3, -0.25) is 0 Å². The molecule has 3 rings (SSSR count). The lowest BCUT2D eigenvalue weighted by Crippen LogP contribution is -2.20. The molecule has 2 amide bonds. The molecule has 0 saturated heterocycles. The SMILES string of the molecule is Cc1ccnc(NS(=O)(=O)c2ccc(NC(=O)Nc3cccc(C(F)(F)F)c3)cc2)n1. The fourth-order valence-corrected chi connectivity index (χ4v) is 3.41. The number of carbonyl (C=O) groups excluding carboxylic acids is 1. The topological polar surface area (TPSA) is 113 Å². The fourth-order valence-electron chi connectivity index (χ4n) is 2.46. The molecule has 0 radical (unpaired) electrons. The molecule has 8 nitrogen and oxygen atoms in total. The van der Waals surface area contributed by atoms with E-state index in [1.807, 2.05) is 0 Å². The number of benzene rings is 2. The van der Waals surface area contributed by atoms with Gasteiger partial charge in [-0.05, 0) is 55.5 Å². The van der Waals surface area contributed by atoms with Crippen LogP contribution in [0.3, 0.4) is 0 Å². The van der Waals surface area contributed by atoms with Crippen LogP contribution in [0.1, 0.15) is 11.3 Å². The smallest absolute Gasteiger partial charge is 0.308 e. The van der Waals surface area contributed by atoms with Crippen molar-refractivity contribution in [2.75, 3.05) is 15.4 Å². The Kier molecular flexibility index (Phi) is 6.11. The number of alkyl halides is 3. The van der Waals surface area contributed by atoms with Gasteiger partial charge in [0.05, 0.1) is 10.5 Å². The number of carbonyl (C=O) groups is 1. The second-order valence-corrected chi connectivity index (χ2v) is 7.99. The lowest BCUT2D eigenvalue weighted by Gasteiger charge is -2.11. The lowest BCUT2D eigenvalue weighted by molar-refractivity contribution is -0.137. The maximum absolute atomic E-state index is 12.8. The fraction of sp³-hybridized carbons (Fsp3) is 0.105. The number of halogens is 3. The molecule has 3 N–H and O–H groups in total.